The van der Waals surface area contributed by atoms with Gasteiger partial charge in [0.15, 0.2) is 0 Å². The minimum Gasteiger partial charge on any atom is -0.373 e. The van der Waals surface area contributed by atoms with E-state index in [0.29, 0.717) is 18.2 Å². The van der Waals surface area contributed by atoms with Gasteiger partial charge in [-0.15, -0.1) is 0 Å². The molecule has 2 aliphatic rings. The van der Waals surface area contributed by atoms with E-state index in [4.69, 9.17) is 4.74 Å². The van der Waals surface area contributed by atoms with Gasteiger partial charge in [0, 0.05) is 6.04 Å². The monoisotopic (exact) mass is 183 g/mol. The first kappa shape index (κ1) is 9.47. The highest BCUT2D eigenvalue weighted by Crippen LogP contribution is 2.29. The molecule has 13 heavy (non-hydrogen) atoms. The fourth-order valence-corrected chi connectivity index (χ4v) is 2.34. The Morgan fingerprint density at radius 3 is 2.54 bits per heavy atom. The predicted molar refractivity (Wildman–Crippen MR) is 53.8 cm³/mol. The normalized spacial score (nSPS) is 34.8. The Labute approximate surface area is 81.0 Å². The summed E-state index contributed by atoms with van der Waals surface area (Å²) < 4.78 is 6.05. The molecule has 0 aliphatic heterocycles. The third-order valence-electron chi connectivity index (χ3n) is 3.34. The number of rotatable bonds is 4. The Hall–Kier alpha value is -0.0800. The molecule has 0 bridgehead atoms. The standard InChI is InChI=1S/C11H21NO/c1-2-12-10-7-4-8-11(10)13-9-5-3-6-9/h9-12H,2-8H2,1H3. The van der Waals surface area contributed by atoms with Crippen LogP contribution in [0.5, 0.6) is 0 Å². The van der Waals surface area contributed by atoms with E-state index in [1.54, 1.807) is 0 Å². The summed E-state index contributed by atoms with van der Waals surface area (Å²) in [5.41, 5.74) is 0. The number of hydrogen-bond acceptors (Lipinski definition) is 2. The molecule has 0 radical (unpaired) electrons. The molecule has 2 rings (SSSR count). The molecule has 0 heterocycles. The van der Waals surface area contributed by atoms with Crippen LogP contribution in [0, 0.1) is 0 Å². The van der Waals surface area contributed by atoms with Crippen molar-refractivity contribution in [2.24, 2.45) is 0 Å². The van der Waals surface area contributed by atoms with Gasteiger partial charge in [-0.05, 0) is 45.1 Å². The van der Waals surface area contributed by atoms with E-state index in [0.717, 1.165) is 6.54 Å². The van der Waals surface area contributed by atoms with E-state index in [1.165, 1.54) is 38.5 Å². The van der Waals surface area contributed by atoms with Crippen LogP contribution in [0.15, 0.2) is 0 Å². The van der Waals surface area contributed by atoms with E-state index in [9.17, 15) is 0 Å². The predicted octanol–water partition coefficient (Wildman–Crippen LogP) is 2.09. The SMILES string of the molecule is CCNC1CCCC1OC1CCC1. The lowest BCUT2D eigenvalue weighted by molar-refractivity contribution is -0.0575. The van der Waals surface area contributed by atoms with Crippen molar-refractivity contribution in [2.75, 3.05) is 6.54 Å². The Bertz CT molecular complexity index is 156. The first-order valence-electron chi connectivity index (χ1n) is 5.79. The van der Waals surface area contributed by atoms with Crippen molar-refractivity contribution in [3.05, 3.63) is 0 Å². The molecule has 76 valence electrons. The van der Waals surface area contributed by atoms with Gasteiger partial charge in [-0.3, -0.25) is 0 Å². The van der Waals surface area contributed by atoms with E-state index in [-0.39, 0.29) is 0 Å². The molecule has 2 nitrogen and oxygen atoms in total. The summed E-state index contributed by atoms with van der Waals surface area (Å²) >= 11 is 0. The van der Waals surface area contributed by atoms with Gasteiger partial charge >= 0.3 is 0 Å². The average molecular weight is 183 g/mol. The third kappa shape index (κ3) is 2.23. The van der Waals surface area contributed by atoms with Crippen LogP contribution in [0.25, 0.3) is 0 Å². The molecule has 2 aliphatic carbocycles. The van der Waals surface area contributed by atoms with E-state index < -0.39 is 0 Å². The summed E-state index contributed by atoms with van der Waals surface area (Å²) in [6.07, 6.45) is 9.03. The summed E-state index contributed by atoms with van der Waals surface area (Å²) in [6, 6.07) is 0.644. The van der Waals surface area contributed by atoms with Gasteiger partial charge in [-0.2, -0.15) is 0 Å². The summed E-state index contributed by atoms with van der Waals surface area (Å²) in [5.74, 6) is 0. The maximum Gasteiger partial charge on any atom is 0.0731 e. The van der Waals surface area contributed by atoms with E-state index in [1.807, 2.05) is 0 Å². The summed E-state index contributed by atoms with van der Waals surface area (Å²) in [6.45, 7) is 3.26. The number of ether oxygens (including phenoxy) is 1. The second kappa shape index (κ2) is 4.43. The molecule has 2 saturated carbocycles. The Kier molecular flexibility index (Phi) is 3.23. The molecule has 2 atom stereocenters. The van der Waals surface area contributed by atoms with Crippen LogP contribution in [0.2, 0.25) is 0 Å². The van der Waals surface area contributed by atoms with Crippen molar-refractivity contribution in [2.45, 2.75) is 63.7 Å². The molecule has 0 amide bonds. The number of nitrogens with one attached hydrogen (secondary N) is 1. The molecule has 0 aromatic rings. The smallest absolute Gasteiger partial charge is 0.0731 e. The van der Waals surface area contributed by atoms with Crippen molar-refractivity contribution in [3.8, 4) is 0 Å². The lowest BCUT2D eigenvalue weighted by Crippen LogP contribution is -2.40. The Balaban J connectivity index is 1.75. The lowest BCUT2D eigenvalue weighted by Gasteiger charge is -2.31. The van der Waals surface area contributed by atoms with Gasteiger partial charge in [0.2, 0.25) is 0 Å². The average Bonchev–Trinajstić information content (AvgIpc) is 2.46. The molecule has 0 aromatic carbocycles. The van der Waals surface area contributed by atoms with Crippen molar-refractivity contribution in [1.29, 1.82) is 0 Å². The molecule has 0 spiro atoms. The highest BCUT2D eigenvalue weighted by Gasteiger charge is 2.31. The van der Waals surface area contributed by atoms with Crippen LogP contribution in [0.4, 0.5) is 0 Å². The molecule has 0 aromatic heterocycles. The minimum atomic E-state index is 0.519. The second-order valence-electron chi connectivity index (χ2n) is 4.32. The maximum atomic E-state index is 6.05. The number of likely N-dealkylation sites (N-methyl/N-ethyl adjacent to an activating group) is 1. The lowest BCUT2D eigenvalue weighted by atomic mass is 9.96. The van der Waals surface area contributed by atoms with Crippen LogP contribution in [0.1, 0.15) is 45.4 Å². The Morgan fingerprint density at radius 1 is 1.15 bits per heavy atom. The van der Waals surface area contributed by atoms with Gasteiger partial charge in [-0.1, -0.05) is 6.92 Å². The topological polar surface area (TPSA) is 21.3 Å². The third-order valence-corrected chi connectivity index (χ3v) is 3.34. The van der Waals surface area contributed by atoms with Crippen LogP contribution >= 0.6 is 0 Å². The van der Waals surface area contributed by atoms with Gasteiger partial charge in [0.05, 0.1) is 12.2 Å². The van der Waals surface area contributed by atoms with Gasteiger partial charge in [0.25, 0.3) is 0 Å². The zero-order valence-corrected chi connectivity index (χ0v) is 8.59. The van der Waals surface area contributed by atoms with Crippen LogP contribution in [-0.4, -0.2) is 24.8 Å². The maximum absolute atomic E-state index is 6.05. The highest BCUT2D eigenvalue weighted by atomic mass is 16.5. The van der Waals surface area contributed by atoms with Crippen LogP contribution in [-0.2, 0) is 4.74 Å². The summed E-state index contributed by atoms with van der Waals surface area (Å²) in [4.78, 5) is 0. The van der Waals surface area contributed by atoms with Crippen molar-refractivity contribution < 1.29 is 4.74 Å². The fourth-order valence-electron chi connectivity index (χ4n) is 2.34. The minimum absolute atomic E-state index is 0.519. The first-order chi connectivity index (χ1) is 6.40. The highest BCUT2D eigenvalue weighted by molar-refractivity contribution is 4.85. The van der Waals surface area contributed by atoms with Crippen LogP contribution < -0.4 is 5.32 Å². The van der Waals surface area contributed by atoms with Gasteiger partial charge in [-0.25, -0.2) is 0 Å². The zero-order chi connectivity index (χ0) is 9.10. The van der Waals surface area contributed by atoms with Crippen LogP contribution in [0.3, 0.4) is 0 Å². The molecule has 2 fully saturated rings. The molecule has 2 unspecified atom stereocenters. The quantitative estimate of drug-likeness (QED) is 0.720. The van der Waals surface area contributed by atoms with Crippen molar-refractivity contribution >= 4 is 0 Å². The molecule has 1 N–H and O–H groups in total. The second-order valence-corrected chi connectivity index (χ2v) is 4.32. The fraction of sp³-hybridized carbons (Fsp3) is 1.00. The summed E-state index contributed by atoms with van der Waals surface area (Å²) in [5, 5.41) is 3.52. The van der Waals surface area contributed by atoms with Gasteiger partial charge < -0.3 is 10.1 Å². The molecule has 2 heteroatoms. The molecular formula is C11H21NO. The number of hydrogen-bond donors (Lipinski definition) is 1. The molecule has 0 saturated heterocycles. The van der Waals surface area contributed by atoms with Crippen molar-refractivity contribution in [3.63, 3.8) is 0 Å². The van der Waals surface area contributed by atoms with Gasteiger partial charge in [0.1, 0.15) is 0 Å². The van der Waals surface area contributed by atoms with E-state index >= 15 is 0 Å². The largest absolute Gasteiger partial charge is 0.373 e. The Morgan fingerprint density at radius 2 is 1.92 bits per heavy atom. The van der Waals surface area contributed by atoms with E-state index in [2.05, 4.69) is 12.2 Å². The zero-order valence-electron chi connectivity index (χ0n) is 8.59. The van der Waals surface area contributed by atoms with Crippen molar-refractivity contribution in [1.82, 2.24) is 5.32 Å². The summed E-state index contributed by atoms with van der Waals surface area (Å²) in [7, 11) is 0. The molecular weight excluding hydrogens is 162 g/mol. The first-order valence-corrected chi connectivity index (χ1v) is 5.79.